The quantitative estimate of drug-likeness (QED) is 0.107. The lowest BCUT2D eigenvalue weighted by Gasteiger charge is -2.42. The molecule has 1 N–H and O–H groups in total. The van der Waals surface area contributed by atoms with Crippen LogP contribution in [-0.4, -0.2) is 142 Å². The molecule has 4 aromatic rings. The topological polar surface area (TPSA) is 167 Å². The fraction of sp³-hybridized carbons (Fsp3) is 0.632. The van der Waals surface area contributed by atoms with E-state index in [2.05, 4.69) is 49.6 Å². The number of hydrogen-bond acceptors (Lipinski definition) is 15. The lowest BCUT2D eigenvalue weighted by molar-refractivity contribution is -0.0852. The predicted molar refractivity (Wildman–Crippen MR) is 209 cm³/mol. The Hall–Kier alpha value is -3.97. The molecule has 0 amide bonds. The van der Waals surface area contributed by atoms with Crippen LogP contribution in [0.2, 0.25) is 5.02 Å². The molecule has 1 aromatic carbocycles. The fourth-order valence-corrected chi connectivity index (χ4v) is 7.22. The van der Waals surface area contributed by atoms with E-state index in [-0.39, 0.29) is 24.4 Å². The smallest absolute Gasteiger partial charge is 0.257 e. The van der Waals surface area contributed by atoms with Crippen LogP contribution in [0.25, 0.3) is 11.1 Å². The number of rotatable bonds is 22. The molecular formula is C38H55ClN10O7. The van der Waals surface area contributed by atoms with Gasteiger partial charge < -0.3 is 38.5 Å². The Morgan fingerprint density at radius 1 is 0.875 bits per heavy atom. The van der Waals surface area contributed by atoms with Crippen LogP contribution >= 0.6 is 11.6 Å². The van der Waals surface area contributed by atoms with Crippen LogP contribution in [0.15, 0.2) is 43.1 Å². The molecule has 0 bridgehead atoms. The molecule has 2 fully saturated rings. The Kier molecular flexibility index (Phi) is 16.0. The third-order valence-corrected chi connectivity index (χ3v) is 9.98. The van der Waals surface area contributed by atoms with Crippen molar-refractivity contribution in [3.63, 3.8) is 0 Å². The maximum Gasteiger partial charge on any atom is 0.257 e. The third kappa shape index (κ3) is 12.5. The summed E-state index contributed by atoms with van der Waals surface area (Å²) < 4.78 is 43.6. The normalized spacial score (nSPS) is 20.9. The van der Waals surface area contributed by atoms with Crippen molar-refractivity contribution in [3.05, 3.63) is 48.1 Å². The van der Waals surface area contributed by atoms with Crippen LogP contribution < -0.4 is 14.8 Å². The van der Waals surface area contributed by atoms with Crippen molar-refractivity contribution in [2.45, 2.75) is 83.4 Å². The maximum absolute atomic E-state index is 6.49. The maximum atomic E-state index is 6.49. The summed E-state index contributed by atoms with van der Waals surface area (Å²) in [6.45, 7) is 12.5. The van der Waals surface area contributed by atoms with Crippen LogP contribution in [-0.2, 0) is 30.2 Å². The van der Waals surface area contributed by atoms with Gasteiger partial charge in [-0.05, 0) is 74.6 Å². The average molecular weight is 799 g/mol. The molecule has 1 saturated carbocycles. The summed E-state index contributed by atoms with van der Waals surface area (Å²) in [4.78, 5) is 11.9. The number of morpholine rings is 1. The van der Waals surface area contributed by atoms with E-state index in [0.29, 0.717) is 93.7 Å². The van der Waals surface area contributed by atoms with Crippen molar-refractivity contribution in [1.82, 2.24) is 44.9 Å². The Bertz CT molecular complexity index is 1720. The summed E-state index contributed by atoms with van der Waals surface area (Å²) in [6, 6.07) is 6.40. The van der Waals surface area contributed by atoms with E-state index in [1.165, 1.54) is 0 Å². The number of nitrogens with one attached hydrogen (secondary N) is 1. The van der Waals surface area contributed by atoms with Gasteiger partial charge in [0.25, 0.3) is 5.88 Å². The van der Waals surface area contributed by atoms with Crippen LogP contribution in [0, 0.1) is 0 Å². The van der Waals surface area contributed by atoms with E-state index in [9.17, 15) is 0 Å². The van der Waals surface area contributed by atoms with Gasteiger partial charge in [-0.2, -0.15) is 0 Å². The molecule has 0 unspecified atom stereocenters. The highest BCUT2D eigenvalue weighted by atomic mass is 35.5. The van der Waals surface area contributed by atoms with Gasteiger partial charge in [-0.3, -0.25) is 9.58 Å². The summed E-state index contributed by atoms with van der Waals surface area (Å²) in [7, 11) is 1.65. The highest BCUT2D eigenvalue weighted by Gasteiger charge is 2.32. The molecule has 3 atom stereocenters. The molecule has 306 valence electrons. The summed E-state index contributed by atoms with van der Waals surface area (Å²) in [6.07, 6.45) is 11.6. The van der Waals surface area contributed by atoms with Crippen molar-refractivity contribution >= 4 is 23.2 Å². The zero-order valence-electron chi connectivity index (χ0n) is 32.8. The van der Waals surface area contributed by atoms with E-state index in [1.807, 2.05) is 29.9 Å². The van der Waals surface area contributed by atoms with Gasteiger partial charge in [0, 0.05) is 44.2 Å². The first-order chi connectivity index (χ1) is 27.3. The molecule has 0 radical (unpaired) electrons. The zero-order valence-corrected chi connectivity index (χ0v) is 33.6. The number of halogens is 1. The van der Waals surface area contributed by atoms with E-state index in [0.717, 1.165) is 49.9 Å². The van der Waals surface area contributed by atoms with E-state index < -0.39 is 0 Å². The number of anilines is 2. The molecule has 3 aromatic heterocycles. The molecule has 6 rings (SSSR count). The molecule has 2 aliphatic rings. The zero-order chi connectivity index (χ0) is 39.1. The van der Waals surface area contributed by atoms with Crippen molar-refractivity contribution in [2.75, 3.05) is 78.4 Å². The largest absolute Gasteiger partial charge is 0.487 e. The first-order valence-corrected chi connectivity index (χ1v) is 19.8. The van der Waals surface area contributed by atoms with Crippen LogP contribution in [0.1, 0.15) is 52.5 Å². The molecule has 1 aliphatic heterocycles. The Balaban J connectivity index is 1.06. The second kappa shape index (κ2) is 21.5. The second-order valence-corrected chi connectivity index (χ2v) is 14.6. The molecule has 17 nitrogen and oxygen atoms in total. The number of hydrogen-bond donors (Lipinski definition) is 1. The molecule has 4 heterocycles. The monoisotopic (exact) mass is 798 g/mol. The first kappa shape index (κ1) is 41.7. The number of benzene rings is 1. The fourth-order valence-electron chi connectivity index (χ4n) is 7.06. The van der Waals surface area contributed by atoms with Gasteiger partial charge in [-0.25, -0.2) is 14.6 Å². The Morgan fingerprint density at radius 2 is 1.54 bits per heavy atom. The van der Waals surface area contributed by atoms with Gasteiger partial charge >= 0.3 is 0 Å². The number of tetrazole rings is 1. The summed E-state index contributed by atoms with van der Waals surface area (Å²) in [5.41, 5.74) is 2.35. The van der Waals surface area contributed by atoms with Gasteiger partial charge in [-0.15, -0.1) is 10.2 Å². The van der Waals surface area contributed by atoms with Crippen molar-refractivity contribution in [3.8, 4) is 22.8 Å². The highest BCUT2D eigenvalue weighted by Crippen LogP contribution is 2.36. The lowest BCUT2D eigenvalue weighted by Crippen LogP contribution is -2.51. The van der Waals surface area contributed by atoms with Crippen molar-refractivity contribution < 1.29 is 33.2 Å². The third-order valence-electron chi connectivity index (χ3n) is 9.67. The Morgan fingerprint density at radius 3 is 2.20 bits per heavy atom. The van der Waals surface area contributed by atoms with E-state index >= 15 is 0 Å². The first-order valence-electron chi connectivity index (χ1n) is 19.4. The minimum atomic E-state index is -0.221. The van der Waals surface area contributed by atoms with Crippen LogP contribution in [0.4, 0.5) is 11.6 Å². The van der Waals surface area contributed by atoms with Gasteiger partial charge in [0.15, 0.2) is 0 Å². The summed E-state index contributed by atoms with van der Waals surface area (Å²) in [5.74, 6) is 1.43. The SMILES string of the molecule is COCCOCCOCCOCCOc1nn([C@H]2CC[C@H](N3C[C@@H](C)O[C@@H](C)C3)CC2)cc1Nc1ncc(-c2ccc(Cl)c(O[C@@H](C)Cn3cnnn3)c2)cn1. The molecule has 18 heteroatoms. The number of nitrogens with zero attached hydrogens (tertiary/aromatic N) is 9. The predicted octanol–water partition coefficient (Wildman–Crippen LogP) is 4.86. The lowest BCUT2D eigenvalue weighted by atomic mass is 9.89. The second-order valence-electron chi connectivity index (χ2n) is 14.2. The van der Waals surface area contributed by atoms with Gasteiger partial charge in [0.1, 0.15) is 30.5 Å². The minimum absolute atomic E-state index is 0.221. The Labute approximate surface area is 333 Å². The number of ether oxygens (including phenoxy) is 7. The highest BCUT2D eigenvalue weighted by molar-refractivity contribution is 6.32. The van der Waals surface area contributed by atoms with Crippen molar-refractivity contribution in [1.29, 1.82) is 0 Å². The van der Waals surface area contributed by atoms with Gasteiger partial charge in [-0.1, -0.05) is 17.7 Å². The van der Waals surface area contributed by atoms with Gasteiger partial charge in [0.05, 0.1) is 82.3 Å². The number of aromatic nitrogens is 8. The summed E-state index contributed by atoms with van der Waals surface area (Å²) >= 11 is 6.49. The van der Waals surface area contributed by atoms with Gasteiger partial charge in [0.2, 0.25) is 5.95 Å². The summed E-state index contributed by atoms with van der Waals surface area (Å²) in [5, 5.41) is 20.0. The van der Waals surface area contributed by atoms with Crippen molar-refractivity contribution in [2.24, 2.45) is 0 Å². The van der Waals surface area contributed by atoms with E-state index in [4.69, 9.17) is 49.9 Å². The standard InChI is InChI=1S/C38H55ClN10O7/c1-27-22-47(23-28(2)55-27)32-6-8-33(9-7-32)49-25-35(37(44-49)54-18-17-53-16-15-52-14-13-51-12-11-50-4)43-38-40-20-31(21-41-38)30-5-10-34(39)36(19-30)56-29(3)24-48-26-42-45-46-48/h5,10,19-21,25-29,32-33H,6-9,11-18,22-24H2,1-4H3,(H,40,41,43)/t27-,28+,29-,32-,33-/m0/s1. The number of methoxy groups -OCH3 is 1. The molecule has 0 spiro atoms. The van der Waals surface area contributed by atoms with Crippen LogP contribution in [0.5, 0.6) is 11.6 Å². The minimum Gasteiger partial charge on any atom is -0.487 e. The van der Waals surface area contributed by atoms with Crippen LogP contribution in [0.3, 0.4) is 0 Å². The molecule has 56 heavy (non-hydrogen) atoms. The molecule has 1 aliphatic carbocycles. The molecular weight excluding hydrogens is 744 g/mol. The van der Waals surface area contributed by atoms with E-state index in [1.54, 1.807) is 36.6 Å². The average Bonchev–Trinajstić information content (AvgIpc) is 3.86. The molecule has 1 saturated heterocycles.